The molecule has 3 rings (SSSR count). The Hall–Kier alpha value is -1.49. The lowest BCUT2D eigenvalue weighted by molar-refractivity contribution is -0.140. The number of benzene rings is 1. The molecule has 3 nitrogen and oxygen atoms in total. The predicted octanol–water partition coefficient (Wildman–Crippen LogP) is 2.63. The summed E-state index contributed by atoms with van der Waals surface area (Å²) in [5.74, 6) is -1.51. The number of hydrogen-bond donors (Lipinski definition) is 1. The summed E-state index contributed by atoms with van der Waals surface area (Å²) in [6.45, 7) is 5.17. The number of carbonyl (C=O) groups excluding carboxylic acids is 1. The molecular formula is C16H20F2N2O. The average molecular weight is 294 g/mol. The Labute approximate surface area is 123 Å². The third-order valence-corrected chi connectivity index (χ3v) is 4.69. The quantitative estimate of drug-likeness (QED) is 0.909. The minimum atomic E-state index is -0.847. The number of hydrogen-bond acceptors (Lipinski definition) is 2. The molecule has 1 aliphatic heterocycles. The van der Waals surface area contributed by atoms with Crippen LogP contribution in [0.25, 0.3) is 0 Å². The van der Waals surface area contributed by atoms with Gasteiger partial charge in [0.05, 0.1) is 6.04 Å². The molecule has 1 aliphatic carbocycles. The van der Waals surface area contributed by atoms with E-state index in [4.69, 9.17) is 0 Å². The largest absolute Gasteiger partial charge is 0.336 e. The molecule has 0 aromatic heterocycles. The van der Waals surface area contributed by atoms with E-state index in [0.717, 1.165) is 18.9 Å². The van der Waals surface area contributed by atoms with Crippen molar-refractivity contribution in [1.29, 1.82) is 0 Å². The van der Waals surface area contributed by atoms with E-state index in [1.54, 1.807) is 6.07 Å². The molecule has 2 aliphatic rings. The van der Waals surface area contributed by atoms with Crippen molar-refractivity contribution in [3.63, 3.8) is 0 Å². The van der Waals surface area contributed by atoms with Gasteiger partial charge in [0, 0.05) is 24.5 Å². The Morgan fingerprint density at radius 3 is 2.67 bits per heavy atom. The number of nitrogens with one attached hydrogen (secondary N) is 1. The van der Waals surface area contributed by atoms with Crippen molar-refractivity contribution in [3.8, 4) is 0 Å². The van der Waals surface area contributed by atoms with Crippen molar-refractivity contribution in [2.75, 3.05) is 13.1 Å². The van der Waals surface area contributed by atoms with E-state index in [1.165, 1.54) is 6.07 Å². The lowest BCUT2D eigenvalue weighted by atomic mass is 9.99. The van der Waals surface area contributed by atoms with Gasteiger partial charge < -0.3 is 10.2 Å². The van der Waals surface area contributed by atoms with Crippen LogP contribution in [0.4, 0.5) is 8.78 Å². The van der Waals surface area contributed by atoms with Crippen molar-refractivity contribution in [3.05, 3.63) is 35.4 Å². The molecule has 5 heteroatoms. The lowest BCUT2D eigenvalue weighted by Crippen LogP contribution is -2.55. The standard InChI is InChI=1S/C16H20F2N2O/c1-10-8-19-14(11-3-4-12(17)13(18)7-11)9-20(10)15(21)16(2)5-6-16/h3-4,7,10,14,19H,5-6,8-9H2,1-2H3/t10-,14?/m1/s1. The molecule has 2 fully saturated rings. The zero-order valence-corrected chi connectivity index (χ0v) is 12.3. The highest BCUT2D eigenvalue weighted by Crippen LogP contribution is 2.47. The van der Waals surface area contributed by atoms with Gasteiger partial charge in [-0.2, -0.15) is 0 Å². The molecule has 1 saturated heterocycles. The number of amides is 1. The van der Waals surface area contributed by atoms with Gasteiger partial charge in [0.25, 0.3) is 0 Å². The van der Waals surface area contributed by atoms with Crippen molar-refractivity contribution in [2.45, 2.75) is 38.8 Å². The van der Waals surface area contributed by atoms with E-state index in [0.29, 0.717) is 18.7 Å². The second kappa shape index (κ2) is 5.05. The molecule has 21 heavy (non-hydrogen) atoms. The summed E-state index contributed by atoms with van der Waals surface area (Å²) in [6.07, 6.45) is 1.89. The minimum Gasteiger partial charge on any atom is -0.336 e. The SMILES string of the molecule is C[C@@H]1CNC(c2ccc(F)c(F)c2)CN1C(=O)C1(C)CC1. The smallest absolute Gasteiger partial charge is 0.228 e. The second-order valence-corrected chi connectivity index (χ2v) is 6.50. The Kier molecular flexibility index (Phi) is 3.48. The highest BCUT2D eigenvalue weighted by molar-refractivity contribution is 5.85. The van der Waals surface area contributed by atoms with Gasteiger partial charge in [0.2, 0.25) is 5.91 Å². The van der Waals surface area contributed by atoms with Gasteiger partial charge in [-0.05, 0) is 37.5 Å². The van der Waals surface area contributed by atoms with Crippen LogP contribution in [0.15, 0.2) is 18.2 Å². The van der Waals surface area contributed by atoms with Crippen molar-refractivity contribution in [1.82, 2.24) is 10.2 Å². The predicted molar refractivity (Wildman–Crippen MR) is 75.6 cm³/mol. The van der Waals surface area contributed by atoms with Gasteiger partial charge in [-0.15, -0.1) is 0 Å². The molecule has 0 radical (unpaired) electrons. The van der Waals surface area contributed by atoms with E-state index in [1.807, 2.05) is 18.7 Å². The first-order valence-electron chi connectivity index (χ1n) is 7.40. The van der Waals surface area contributed by atoms with Crippen LogP contribution in [0.5, 0.6) is 0 Å². The molecule has 0 spiro atoms. The number of piperazine rings is 1. The fourth-order valence-electron chi connectivity index (χ4n) is 2.85. The van der Waals surface area contributed by atoms with Crippen LogP contribution in [0, 0.1) is 17.0 Å². The maximum Gasteiger partial charge on any atom is 0.228 e. The summed E-state index contributed by atoms with van der Waals surface area (Å²) in [5, 5.41) is 3.31. The van der Waals surface area contributed by atoms with Crippen LogP contribution < -0.4 is 5.32 Å². The molecule has 1 aromatic carbocycles. The van der Waals surface area contributed by atoms with Crippen LogP contribution in [0.3, 0.4) is 0 Å². The Morgan fingerprint density at radius 2 is 2.05 bits per heavy atom. The summed E-state index contributed by atoms with van der Waals surface area (Å²) in [5.41, 5.74) is 0.476. The Morgan fingerprint density at radius 1 is 1.33 bits per heavy atom. The molecule has 1 saturated carbocycles. The van der Waals surface area contributed by atoms with Gasteiger partial charge in [-0.1, -0.05) is 13.0 Å². The van der Waals surface area contributed by atoms with Gasteiger partial charge >= 0.3 is 0 Å². The van der Waals surface area contributed by atoms with Crippen LogP contribution >= 0.6 is 0 Å². The zero-order valence-electron chi connectivity index (χ0n) is 12.3. The molecule has 1 aromatic rings. The summed E-state index contributed by atoms with van der Waals surface area (Å²) in [6, 6.07) is 3.90. The van der Waals surface area contributed by atoms with E-state index >= 15 is 0 Å². The van der Waals surface area contributed by atoms with Crippen molar-refractivity contribution >= 4 is 5.91 Å². The first-order valence-corrected chi connectivity index (χ1v) is 7.40. The van der Waals surface area contributed by atoms with Crippen LogP contribution in [0.1, 0.15) is 38.3 Å². The van der Waals surface area contributed by atoms with Crippen molar-refractivity contribution < 1.29 is 13.6 Å². The van der Waals surface area contributed by atoms with Gasteiger partial charge in [0.1, 0.15) is 0 Å². The van der Waals surface area contributed by atoms with E-state index < -0.39 is 11.6 Å². The van der Waals surface area contributed by atoms with Crippen LogP contribution in [0.2, 0.25) is 0 Å². The minimum absolute atomic E-state index is 0.122. The maximum absolute atomic E-state index is 13.4. The molecule has 1 amide bonds. The number of halogens is 2. The van der Waals surface area contributed by atoms with Gasteiger partial charge in [0.15, 0.2) is 11.6 Å². The van der Waals surface area contributed by atoms with Crippen LogP contribution in [-0.2, 0) is 4.79 Å². The second-order valence-electron chi connectivity index (χ2n) is 6.50. The van der Waals surface area contributed by atoms with Crippen molar-refractivity contribution in [2.24, 2.45) is 5.41 Å². The molecule has 1 N–H and O–H groups in total. The molecule has 2 atom stereocenters. The number of carbonyl (C=O) groups is 1. The van der Waals surface area contributed by atoms with E-state index in [-0.39, 0.29) is 23.4 Å². The highest BCUT2D eigenvalue weighted by atomic mass is 19.2. The summed E-state index contributed by atoms with van der Waals surface area (Å²) >= 11 is 0. The van der Waals surface area contributed by atoms with Gasteiger partial charge in [-0.3, -0.25) is 4.79 Å². The third-order valence-electron chi connectivity index (χ3n) is 4.69. The lowest BCUT2D eigenvalue weighted by Gasteiger charge is -2.40. The Balaban J connectivity index is 1.78. The Bertz CT molecular complexity index is 571. The first-order chi connectivity index (χ1) is 9.90. The van der Waals surface area contributed by atoms with E-state index in [9.17, 15) is 13.6 Å². The summed E-state index contributed by atoms with van der Waals surface area (Å²) in [4.78, 5) is 14.4. The molecule has 1 heterocycles. The van der Waals surface area contributed by atoms with E-state index in [2.05, 4.69) is 5.32 Å². The fourth-order valence-corrected chi connectivity index (χ4v) is 2.85. The molecule has 1 unspecified atom stereocenters. The monoisotopic (exact) mass is 294 g/mol. The average Bonchev–Trinajstić information content (AvgIpc) is 3.21. The fraction of sp³-hybridized carbons (Fsp3) is 0.562. The first kappa shape index (κ1) is 14.4. The normalized spacial score (nSPS) is 27.5. The summed E-state index contributed by atoms with van der Waals surface area (Å²) < 4.78 is 26.4. The third kappa shape index (κ3) is 2.67. The number of rotatable bonds is 2. The molecular weight excluding hydrogens is 274 g/mol. The molecule has 0 bridgehead atoms. The highest BCUT2D eigenvalue weighted by Gasteiger charge is 2.48. The topological polar surface area (TPSA) is 32.3 Å². The number of nitrogens with zero attached hydrogens (tertiary/aromatic N) is 1. The molecule has 114 valence electrons. The zero-order chi connectivity index (χ0) is 15.2. The summed E-state index contributed by atoms with van der Waals surface area (Å²) in [7, 11) is 0. The van der Waals surface area contributed by atoms with Crippen LogP contribution in [-0.4, -0.2) is 29.9 Å². The van der Waals surface area contributed by atoms with Gasteiger partial charge in [-0.25, -0.2) is 8.78 Å². The maximum atomic E-state index is 13.4.